The zero-order chi connectivity index (χ0) is 42.1. The second-order valence-corrected chi connectivity index (χ2v) is 17.4. The Labute approximate surface area is 373 Å². The lowest BCUT2D eigenvalue weighted by Crippen LogP contribution is -1.96. The van der Waals surface area contributed by atoms with Gasteiger partial charge in [-0.15, -0.1) is 11.3 Å². The number of hydrogen-bond acceptors (Lipinski definition) is 4. The van der Waals surface area contributed by atoms with Crippen LogP contribution >= 0.6 is 11.3 Å². The highest BCUT2D eigenvalue weighted by atomic mass is 32.1. The van der Waals surface area contributed by atoms with Crippen LogP contribution in [0, 0.1) is 0 Å². The average Bonchev–Trinajstić information content (AvgIpc) is 3.93. The minimum Gasteiger partial charge on any atom is -0.309 e. The molecule has 4 nitrogen and oxygen atoms in total. The van der Waals surface area contributed by atoms with E-state index in [0.717, 1.165) is 56.1 Å². The third-order valence-corrected chi connectivity index (χ3v) is 13.8. The number of nitrogens with zero attached hydrogens (tertiary/aromatic N) is 4. The Kier molecular flexibility index (Phi) is 8.36. The summed E-state index contributed by atoms with van der Waals surface area (Å²) in [6.45, 7) is 0. The van der Waals surface area contributed by atoms with Gasteiger partial charge in [-0.2, -0.15) is 0 Å². The minimum absolute atomic E-state index is 0.699. The lowest BCUT2D eigenvalue weighted by atomic mass is 9.95. The zero-order valence-corrected chi connectivity index (χ0v) is 35.3. The Morgan fingerprint density at radius 3 is 1.78 bits per heavy atom. The lowest BCUT2D eigenvalue weighted by Gasteiger charge is -2.12. The second-order valence-electron chi connectivity index (χ2n) is 16.3. The van der Waals surface area contributed by atoms with Gasteiger partial charge in [0.05, 0.1) is 33.6 Å². The van der Waals surface area contributed by atoms with E-state index in [4.69, 9.17) is 15.0 Å². The van der Waals surface area contributed by atoms with E-state index in [9.17, 15) is 0 Å². The average molecular weight is 833 g/mol. The molecule has 0 aliphatic carbocycles. The van der Waals surface area contributed by atoms with E-state index in [-0.39, 0.29) is 0 Å². The monoisotopic (exact) mass is 832 g/mol. The summed E-state index contributed by atoms with van der Waals surface area (Å²) in [5.41, 5.74) is 13.8. The van der Waals surface area contributed by atoms with Crippen LogP contribution in [0.4, 0.5) is 0 Å². The van der Waals surface area contributed by atoms with E-state index in [1.807, 2.05) is 29.5 Å². The number of benzene rings is 9. The number of para-hydroxylation sites is 3. The summed E-state index contributed by atoms with van der Waals surface area (Å²) in [6.07, 6.45) is 0. The maximum absolute atomic E-state index is 5.22. The molecule has 9 aromatic carbocycles. The molecule has 0 aliphatic rings. The lowest BCUT2D eigenvalue weighted by molar-refractivity contribution is 1.18. The van der Waals surface area contributed by atoms with Crippen molar-refractivity contribution in [2.45, 2.75) is 0 Å². The SMILES string of the molecule is c1ccc(-c2nc(-c3ccc(-c4cccc5c4sc4ccc6c(-c7ccccc7)nc7ccccc7c6c45)cc3)cc(-c3ccc4c(c3)c3ccccc3n4-c3ccccc3)n2)cc1. The molecular formula is C59H36N4S. The number of pyridine rings is 1. The van der Waals surface area contributed by atoms with Gasteiger partial charge in [-0.3, -0.25) is 0 Å². The van der Waals surface area contributed by atoms with Gasteiger partial charge in [-0.05, 0) is 59.7 Å². The number of aromatic nitrogens is 4. The van der Waals surface area contributed by atoms with Crippen LogP contribution in [-0.2, 0) is 0 Å². The van der Waals surface area contributed by atoms with Crippen LogP contribution < -0.4 is 0 Å². The van der Waals surface area contributed by atoms with Crippen LogP contribution in [0.25, 0.3) is 126 Å². The second kappa shape index (κ2) is 14.7. The summed E-state index contributed by atoms with van der Waals surface area (Å²) in [7, 11) is 0. The highest BCUT2D eigenvalue weighted by Crippen LogP contribution is 2.46. The summed E-state index contributed by atoms with van der Waals surface area (Å²) in [4.78, 5) is 15.6. The molecule has 13 rings (SSSR count). The topological polar surface area (TPSA) is 43.6 Å². The van der Waals surface area contributed by atoms with E-state index in [2.05, 4.69) is 205 Å². The molecule has 0 unspecified atom stereocenters. The fourth-order valence-electron chi connectivity index (χ4n) is 9.64. The predicted molar refractivity (Wildman–Crippen MR) is 269 cm³/mol. The van der Waals surface area contributed by atoms with Gasteiger partial charge < -0.3 is 4.57 Å². The molecule has 4 heterocycles. The molecular weight excluding hydrogens is 797 g/mol. The molecule has 4 aromatic heterocycles. The third-order valence-electron chi connectivity index (χ3n) is 12.6. The van der Waals surface area contributed by atoms with Crippen molar-refractivity contribution in [3.8, 4) is 62.0 Å². The highest BCUT2D eigenvalue weighted by molar-refractivity contribution is 7.26. The molecule has 0 aliphatic heterocycles. The molecule has 0 N–H and O–H groups in total. The van der Waals surface area contributed by atoms with Gasteiger partial charge in [-0.1, -0.05) is 170 Å². The van der Waals surface area contributed by atoms with Crippen molar-refractivity contribution in [3.63, 3.8) is 0 Å². The molecule has 0 saturated heterocycles. The van der Waals surface area contributed by atoms with Gasteiger partial charge in [0.2, 0.25) is 0 Å². The van der Waals surface area contributed by atoms with Crippen molar-refractivity contribution < 1.29 is 0 Å². The molecule has 64 heavy (non-hydrogen) atoms. The molecule has 0 radical (unpaired) electrons. The normalized spacial score (nSPS) is 11.8. The standard InChI is InChI=1S/C59H36N4S/c1-4-15-39(16-5-1)57-46-32-34-54-56(55(46)45-22-10-12-25-49(45)60-57)47-24-14-23-43(58(47)64-54)37-27-29-38(30-28-37)50-36-51(62-59(61-50)40-17-6-2-7-18-40)41-31-33-53-48(35-41)44-21-11-13-26-52(44)63(53)42-19-8-3-9-20-42/h1-36H. The van der Waals surface area contributed by atoms with Gasteiger partial charge in [0.25, 0.3) is 0 Å². The van der Waals surface area contributed by atoms with Gasteiger partial charge in [-0.25, -0.2) is 15.0 Å². The van der Waals surface area contributed by atoms with Gasteiger partial charge >= 0.3 is 0 Å². The Balaban J connectivity index is 0.939. The van der Waals surface area contributed by atoms with Crippen molar-refractivity contribution in [1.29, 1.82) is 0 Å². The smallest absolute Gasteiger partial charge is 0.160 e. The molecule has 0 spiro atoms. The fourth-order valence-corrected chi connectivity index (χ4v) is 10.9. The van der Waals surface area contributed by atoms with E-state index >= 15 is 0 Å². The summed E-state index contributed by atoms with van der Waals surface area (Å²) in [6, 6.07) is 77.7. The maximum atomic E-state index is 5.22. The van der Waals surface area contributed by atoms with Crippen molar-refractivity contribution >= 4 is 75.0 Å². The highest BCUT2D eigenvalue weighted by Gasteiger charge is 2.19. The molecule has 5 heteroatoms. The van der Waals surface area contributed by atoms with Crippen LogP contribution in [0.3, 0.4) is 0 Å². The molecule has 13 aromatic rings. The Hall–Kier alpha value is -8.25. The molecule has 0 bridgehead atoms. The van der Waals surface area contributed by atoms with Crippen LogP contribution in [-0.4, -0.2) is 19.5 Å². The first kappa shape index (κ1) is 36.4. The first-order valence-corrected chi connectivity index (χ1v) is 22.4. The number of thiophene rings is 1. The van der Waals surface area contributed by atoms with E-state index in [1.54, 1.807) is 0 Å². The van der Waals surface area contributed by atoms with Gasteiger partial charge in [0.1, 0.15) is 0 Å². The largest absolute Gasteiger partial charge is 0.309 e. The van der Waals surface area contributed by atoms with Crippen LogP contribution in [0.15, 0.2) is 218 Å². The van der Waals surface area contributed by atoms with Crippen molar-refractivity contribution in [3.05, 3.63) is 218 Å². The summed E-state index contributed by atoms with van der Waals surface area (Å²) < 4.78 is 4.89. The number of rotatable bonds is 6. The summed E-state index contributed by atoms with van der Waals surface area (Å²) in [5, 5.41) is 8.56. The van der Waals surface area contributed by atoms with Crippen molar-refractivity contribution in [1.82, 2.24) is 19.5 Å². The van der Waals surface area contributed by atoms with Crippen LogP contribution in [0.2, 0.25) is 0 Å². The fraction of sp³-hybridized carbons (Fsp3) is 0. The van der Waals surface area contributed by atoms with Gasteiger partial charge in [0, 0.05) is 75.0 Å². The first-order chi connectivity index (χ1) is 31.7. The Morgan fingerprint density at radius 2 is 0.984 bits per heavy atom. The molecule has 0 amide bonds. The molecule has 298 valence electrons. The van der Waals surface area contributed by atoms with Crippen LogP contribution in [0.1, 0.15) is 0 Å². The predicted octanol–water partition coefficient (Wildman–Crippen LogP) is 16.0. The Bertz CT molecular complexity index is 3930. The number of fused-ring (bicyclic) bond motifs is 10. The Morgan fingerprint density at radius 1 is 0.359 bits per heavy atom. The summed E-state index contributed by atoms with van der Waals surface area (Å²) >= 11 is 1.87. The van der Waals surface area contributed by atoms with Crippen molar-refractivity contribution in [2.75, 3.05) is 0 Å². The third kappa shape index (κ3) is 5.86. The van der Waals surface area contributed by atoms with E-state index in [1.165, 1.54) is 63.7 Å². The number of hydrogen-bond donors (Lipinski definition) is 0. The quantitative estimate of drug-likeness (QED) is 0.157. The maximum Gasteiger partial charge on any atom is 0.160 e. The minimum atomic E-state index is 0.699. The zero-order valence-electron chi connectivity index (χ0n) is 34.5. The molecule has 0 atom stereocenters. The van der Waals surface area contributed by atoms with Crippen LogP contribution in [0.5, 0.6) is 0 Å². The molecule has 0 saturated carbocycles. The van der Waals surface area contributed by atoms with E-state index < -0.39 is 0 Å². The van der Waals surface area contributed by atoms with E-state index in [0.29, 0.717) is 5.82 Å². The molecule has 0 fully saturated rings. The summed E-state index contributed by atoms with van der Waals surface area (Å²) in [5.74, 6) is 0.699. The van der Waals surface area contributed by atoms with Gasteiger partial charge in [0.15, 0.2) is 5.82 Å². The first-order valence-electron chi connectivity index (χ1n) is 21.6. The van der Waals surface area contributed by atoms with Crippen molar-refractivity contribution in [2.24, 2.45) is 0 Å².